The first-order valence-electron chi connectivity index (χ1n) is 4.30. The number of likely N-dealkylation sites (N-methyl/N-ethyl adjacent to an activating group) is 1. The summed E-state index contributed by atoms with van der Waals surface area (Å²) in [5.74, 6) is 1.18. The Labute approximate surface area is 87.2 Å². The van der Waals surface area contributed by atoms with E-state index < -0.39 is 6.23 Å². The maximum atomic E-state index is 10.6. The van der Waals surface area contributed by atoms with E-state index in [0.29, 0.717) is 5.88 Å². The number of anilines is 1. The van der Waals surface area contributed by atoms with Gasteiger partial charge in [-0.15, -0.1) is 11.6 Å². The lowest BCUT2D eigenvalue weighted by Gasteiger charge is -2.13. The SMILES string of the molecule is CN1c2ccc(CCl)cc2OC1C=O. The van der Waals surface area contributed by atoms with Crippen LogP contribution in [0.2, 0.25) is 0 Å². The van der Waals surface area contributed by atoms with Crippen molar-refractivity contribution in [2.75, 3.05) is 11.9 Å². The van der Waals surface area contributed by atoms with Crippen molar-refractivity contribution >= 4 is 23.6 Å². The fourth-order valence-corrected chi connectivity index (χ4v) is 1.66. The summed E-state index contributed by atoms with van der Waals surface area (Å²) in [4.78, 5) is 12.4. The number of hydrogen-bond donors (Lipinski definition) is 0. The molecule has 74 valence electrons. The zero-order chi connectivity index (χ0) is 10.1. The summed E-state index contributed by atoms with van der Waals surface area (Å²) in [6, 6.07) is 5.71. The molecule has 0 fully saturated rings. The Morgan fingerprint density at radius 1 is 1.64 bits per heavy atom. The number of hydrogen-bond acceptors (Lipinski definition) is 3. The van der Waals surface area contributed by atoms with Crippen molar-refractivity contribution in [2.24, 2.45) is 0 Å². The van der Waals surface area contributed by atoms with E-state index >= 15 is 0 Å². The molecule has 14 heavy (non-hydrogen) atoms. The smallest absolute Gasteiger partial charge is 0.228 e. The fourth-order valence-electron chi connectivity index (χ4n) is 1.49. The van der Waals surface area contributed by atoms with Crippen LogP contribution >= 0.6 is 11.6 Å². The molecule has 0 bridgehead atoms. The van der Waals surface area contributed by atoms with Crippen LogP contribution in [-0.2, 0) is 10.7 Å². The molecule has 1 atom stereocenters. The number of benzene rings is 1. The molecule has 1 heterocycles. The number of alkyl halides is 1. The minimum absolute atomic E-state index is 0.451. The Morgan fingerprint density at radius 2 is 2.43 bits per heavy atom. The normalized spacial score (nSPS) is 19.0. The highest BCUT2D eigenvalue weighted by Gasteiger charge is 2.27. The van der Waals surface area contributed by atoms with Gasteiger partial charge in [-0.3, -0.25) is 4.79 Å². The summed E-state index contributed by atoms with van der Waals surface area (Å²) < 4.78 is 5.41. The van der Waals surface area contributed by atoms with Crippen LogP contribution in [0.1, 0.15) is 5.56 Å². The van der Waals surface area contributed by atoms with Crippen molar-refractivity contribution in [1.82, 2.24) is 0 Å². The van der Waals surface area contributed by atoms with E-state index in [1.807, 2.05) is 25.2 Å². The largest absolute Gasteiger partial charge is 0.461 e. The molecule has 0 saturated heterocycles. The average molecular weight is 212 g/mol. The minimum atomic E-state index is -0.504. The number of nitrogens with zero attached hydrogens (tertiary/aromatic N) is 1. The number of fused-ring (bicyclic) bond motifs is 1. The number of carbonyl (C=O) groups is 1. The van der Waals surface area contributed by atoms with Gasteiger partial charge in [-0.2, -0.15) is 0 Å². The summed E-state index contributed by atoms with van der Waals surface area (Å²) in [5.41, 5.74) is 1.92. The van der Waals surface area contributed by atoms with E-state index in [4.69, 9.17) is 16.3 Å². The topological polar surface area (TPSA) is 29.5 Å². The fraction of sp³-hybridized carbons (Fsp3) is 0.300. The molecular weight excluding hydrogens is 202 g/mol. The highest BCUT2D eigenvalue weighted by atomic mass is 35.5. The van der Waals surface area contributed by atoms with Crippen molar-refractivity contribution < 1.29 is 9.53 Å². The van der Waals surface area contributed by atoms with Gasteiger partial charge in [0.25, 0.3) is 0 Å². The third-order valence-corrected chi connectivity index (χ3v) is 2.61. The zero-order valence-corrected chi connectivity index (χ0v) is 8.49. The molecule has 0 spiro atoms. The lowest BCUT2D eigenvalue weighted by atomic mass is 10.2. The second-order valence-corrected chi connectivity index (χ2v) is 3.46. The van der Waals surface area contributed by atoms with Crippen molar-refractivity contribution in [1.29, 1.82) is 0 Å². The van der Waals surface area contributed by atoms with Gasteiger partial charge in [-0.1, -0.05) is 6.07 Å². The Bertz CT molecular complexity index is 367. The number of halogens is 1. The standard InChI is InChI=1S/C10H10ClNO2/c1-12-8-3-2-7(5-11)4-9(8)14-10(12)6-13/h2-4,6,10H,5H2,1H3. The van der Waals surface area contributed by atoms with Crippen LogP contribution in [0, 0.1) is 0 Å². The van der Waals surface area contributed by atoms with Gasteiger partial charge in [0.1, 0.15) is 5.75 Å². The molecule has 3 nitrogen and oxygen atoms in total. The number of ether oxygens (including phenoxy) is 1. The molecule has 1 aromatic rings. The van der Waals surface area contributed by atoms with Crippen LogP contribution < -0.4 is 9.64 Å². The zero-order valence-electron chi connectivity index (χ0n) is 7.74. The third kappa shape index (κ3) is 1.34. The quantitative estimate of drug-likeness (QED) is 0.552. The molecule has 0 amide bonds. The van der Waals surface area contributed by atoms with Gasteiger partial charge in [-0.25, -0.2) is 0 Å². The Balaban J connectivity index is 2.38. The maximum absolute atomic E-state index is 10.6. The molecule has 2 rings (SSSR count). The molecule has 0 N–H and O–H groups in total. The number of aldehydes is 1. The lowest BCUT2D eigenvalue weighted by molar-refractivity contribution is -0.113. The second-order valence-electron chi connectivity index (χ2n) is 3.19. The predicted molar refractivity (Wildman–Crippen MR) is 54.9 cm³/mol. The predicted octanol–water partition coefficient (Wildman–Crippen LogP) is 1.78. The van der Waals surface area contributed by atoms with Gasteiger partial charge in [0.05, 0.1) is 5.69 Å². The summed E-state index contributed by atoms with van der Waals surface area (Å²) in [6.07, 6.45) is 0.274. The van der Waals surface area contributed by atoms with Crippen LogP contribution in [-0.4, -0.2) is 19.6 Å². The molecule has 1 aromatic carbocycles. The van der Waals surface area contributed by atoms with Crippen molar-refractivity contribution in [2.45, 2.75) is 12.1 Å². The van der Waals surface area contributed by atoms with E-state index in [0.717, 1.165) is 23.3 Å². The van der Waals surface area contributed by atoms with Gasteiger partial charge in [-0.05, 0) is 17.7 Å². The molecule has 4 heteroatoms. The molecule has 0 aromatic heterocycles. The van der Waals surface area contributed by atoms with Crippen molar-refractivity contribution in [3.05, 3.63) is 23.8 Å². The van der Waals surface area contributed by atoms with Gasteiger partial charge < -0.3 is 9.64 Å². The summed E-state index contributed by atoms with van der Waals surface area (Å²) in [5, 5.41) is 0. The summed E-state index contributed by atoms with van der Waals surface area (Å²) in [7, 11) is 1.82. The van der Waals surface area contributed by atoms with Crippen molar-refractivity contribution in [3.63, 3.8) is 0 Å². The van der Waals surface area contributed by atoms with E-state index in [-0.39, 0.29) is 0 Å². The van der Waals surface area contributed by atoms with Crippen LogP contribution in [0.4, 0.5) is 5.69 Å². The molecule has 1 aliphatic rings. The Hall–Kier alpha value is -1.22. The highest BCUT2D eigenvalue weighted by molar-refractivity contribution is 6.17. The van der Waals surface area contributed by atoms with E-state index in [1.54, 1.807) is 4.90 Å². The second kappa shape index (κ2) is 3.50. The number of rotatable bonds is 2. The van der Waals surface area contributed by atoms with Gasteiger partial charge in [0, 0.05) is 12.9 Å². The monoisotopic (exact) mass is 211 g/mol. The first-order valence-corrected chi connectivity index (χ1v) is 4.83. The lowest BCUT2D eigenvalue weighted by Crippen LogP contribution is -2.31. The third-order valence-electron chi connectivity index (χ3n) is 2.30. The summed E-state index contributed by atoms with van der Waals surface area (Å²) in [6.45, 7) is 0. The minimum Gasteiger partial charge on any atom is -0.461 e. The Morgan fingerprint density at radius 3 is 3.07 bits per heavy atom. The van der Waals surface area contributed by atoms with Gasteiger partial charge in [0.15, 0.2) is 6.29 Å². The number of carbonyl (C=O) groups excluding carboxylic acids is 1. The molecule has 1 aliphatic heterocycles. The molecule has 0 saturated carbocycles. The van der Waals surface area contributed by atoms with Crippen LogP contribution in [0.15, 0.2) is 18.2 Å². The molecule has 0 radical (unpaired) electrons. The highest BCUT2D eigenvalue weighted by Crippen LogP contribution is 2.36. The average Bonchev–Trinajstić information content (AvgIpc) is 2.55. The van der Waals surface area contributed by atoms with E-state index in [9.17, 15) is 4.79 Å². The van der Waals surface area contributed by atoms with Gasteiger partial charge in [0.2, 0.25) is 6.23 Å². The molecular formula is C10H10ClNO2. The maximum Gasteiger partial charge on any atom is 0.228 e. The summed E-state index contributed by atoms with van der Waals surface area (Å²) >= 11 is 5.70. The van der Waals surface area contributed by atoms with Crippen LogP contribution in [0.5, 0.6) is 5.75 Å². The van der Waals surface area contributed by atoms with Crippen LogP contribution in [0.25, 0.3) is 0 Å². The molecule has 0 aliphatic carbocycles. The van der Waals surface area contributed by atoms with Crippen molar-refractivity contribution in [3.8, 4) is 5.75 Å². The first kappa shape index (κ1) is 9.34. The first-order chi connectivity index (χ1) is 6.76. The molecule has 1 unspecified atom stereocenters. The van der Waals surface area contributed by atoms with E-state index in [1.165, 1.54) is 0 Å². The van der Waals surface area contributed by atoms with Gasteiger partial charge >= 0.3 is 0 Å². The van der Waals surface area contributed by atoms with E-state index in [2.05, 4.69) is 0 Å². The Kier molecular flexibility index (Phi) is 2.33. The van der Waals surface area contributed by atoms with Crippen LogP contribution in [0.3, 0.4) is 0 Å².